The number of hydrogen-bond donors (Lipinski definition) is 0. The Balaban J connectivity index is 1.55. The van der Waals surface area contributed by atoms with Crippen molar-refractivity contribution in [1.29, 1.82) is 0 Å². The van der Waals surface area contributed by atoms with Crippen molar-refractivity contribution in [2.45, 2.75) is 44.7 Å². The van der Waals surface area contributed by atoms with Crippen LogP contribution in [0.1, 0.15) is 43.0 Å². The first-order chi connectivity index (χ1) is 11.8. The Labute approximate surface area is 143 Å². The highest BCUT2D eigenvalue weighted by Crippen LogP contribution is 2.34. The summed E-state index contributed by atoms with van der Waals surface area (Å²) in [5.74, 6) is 1.57. The van der Waals surface area contributed by atoms with Gasteiger partial charge in [-0.25, -0.2) is 0 Å². The lowest BCUT2D eigenvalue weighted by Crippen LogP contribution is -2.48. The maximum absolute atomic E-state index is 13.1. The molecule has 2 saturated heterocycles. The number of ether oxygens (including phenoxy) is 2. The molecule has 0 radical (unpaired) electrons. The summed E-state index contributed by atoms with van der Waals surface area (Å²) in [6.45, 7) is 6.46. The highest BCUT2D eigenvalue weighted by molar-refractivity contribution is 5.95. The molecule has 130 valence electrons. The molecule has 4 rings (SSSR count). The van der Waals surface area contributed by atoms with Crippen LogP contribution in [0.25, 0.3) is 0 Å². The van der Waals surface area contributed by atoms with Gasteiger partial charge in [0.2, 0.25) is 0 Å². The van der Waals surface area contributed by atoms with E-state index in [-0.39, 0.29) is 5.91 Å². The summed E-state index contributed by atoms with van der Waals surface area (Å²) in [6.07, 6.45) is 4.69. The average Bonchev–Trinajstić information content (AvgIpc) is 3.28. The van der Waals surface area contributed by atoms with Crippen molar-refractivity contribution in [1.82, 2.24) is 9.80 Å². The third-order valence-electron chi connectivity index (χ3n) is 5.61. The molecule has 2 atom stereocenters. The van der Waals surface area contributed by atoms with Crippen LogP contribution in [0.5, 0.6) is 11.5 Å². The first-order valence-electron chi connectivity index (χ1n) is 9.22. The Bertz CT molecular complexity index is 619. The molecule has 5 heteroatoms. The molecule has 5 nitrogen and oxygen atoms in total. The highest BCUT2D eigenvalue weighted by Gasteiger charge is 2.39. The van der Waals surface area contributed by atoms with Gasteiger partial charge >= 0.3 is 0 Å². The van der Waals surface area contributed by atoms with Crippen LogP contribution in [-0.4, -0.2) is 60.6 Å². The number of likely N-dealkylation sites (N-methyl/N-ethyl adjacent to an activating group) is 1. The van der Waals surface area contributed by atoms with E-state index in [0.717, 1.165) is 31.7 Å². The zero-order valence-electron chi connectivity index (χ0n) is 14.4. The third-order valence-corrected chi connectivity index (χ3v) is 5.61. The van der Waals surface area contributed by atoms with Crippen molar-refractivity contribution in [2.75, 3.05) is 32.8 Å². The van der Waals surface area contributed by atoms with E-state index in [0.29, 0.717) is 36.6 Å². The summed E-state index contributed by atoms with van der Waals surface area (Å²) in [7, 11) is 0. The van der Waals surface area contributed by atoms with Gasteiger partial charge < -0.3 is 14.4 Å². The standard InChI is InChI=1S/C19H26N2O3/c1-2-20-9-3-5-15(20)16-6-4-10-21(16)19(22)14-7-8-17-18(13-14)24-12-11-23-17/h7-8,13,15-16H,2-6,9-12H2,1H3/t15-,16+/m0/s1. The molecule has 0 saturated carbocycles. The minimum Gasteiger partial charge on any atom is -0.486 e. The lowest BCUT2D eigenvalue weighted by atomic mass is 10.0. The first-order valence-corrected chi connectivity index (χ1v) is 9.22. The number of hydrogen-bond acceptors (Lipinski definition) is 4. The van der Waals surface area contributed by atoms with Crippen molar-refractivity contribution in [3.8, 4) is 11.5 Å². The molecule has 24 heavy (non-hydrogen) atoms. The highest BCUT2D eigenvalue weighted by atomic mass is 16.6. The van der Waals surface area contributed by atoms with Gasteiger partial charge in [0, 0.05) is 24.2 Å². The zero-order valence-corrected chi connectivity index (χ0v) is 14.4. The molecule has 3 aliphatic heterocycles. The van der Waals surface area contributed by atoms with Crippen molar-refractivity contribution in [3.63, 3.8) is 0 Å². The van der Waals surface area contributed by atoms with Crippen molar-refractivity contribution < 1.29 is 14.3 Å². The number of fused-ring (bicyclic) bond motifs is 1. The molecule has 3 aliphatic rings. The topological polar surface area (TPSA) is 42.0 Å². The number of rotatable bonds is 3. The molecule has 0 aromatic heterocycles. The van der Waals surface area contributed by atoms with Crippen LogP contribution in [0.2, 0.25) is 0 Å². The third kappa shape index (κ3) is 2.75. The van der Waals surface area contributed by atoms with Crippen LogP contribution in [-0.2, 0) is 0 Å². The number of carbonyl (C=O) groups excluding carboxylic acids is 1. The summed E-state index contributed by atoms with van der Waals surface area (Å²) in [4.78, 5) is 17.7. The van der Waals surface area contributed by atoms with Crippen molar-refractivity contribution in [3.05, 3.63) is 23.8 Å². The van der Waals surface area contributed by atoms with Crippen LogP contribution < -0.4 is 9.47 Å². The van der Waals surface area contributed by atoms with Crippen LogP contribution >= 0.6 is 0 Å². The predicted octanol–water partition coefficient (Wildman–Crippen LogP) is 2.55. The quantitative estimate of drug-likeness (QED) is 0.854. The van der Waals surface area contributed by atoms with Crippen LogP contribution in [0.3, 0.4) is 0 Å². The van der Waals surface area contributed by atoms with E-state index in [2.05, 4.69) is 16.7 Å². The van der Waals surface area contributed by atoms with Gasteiger partial charge in [0.1, 0.15) is 13.2 Å². The molecule has 1 aromatic carbocycles. The van der Waals surface area contributed by atoms with E-state index in [1.165, 1.54) is 19.4 Å². The van der Waals surface area contributed by atoms with Gasteiger partial charge in [-0.15, -0.1) is 0 Å². The van der Waals surface area contributed by atoms with Gasteiger partial charge in [-0.1, -0.05) is 6.92 Å². The second kappa shape index (κ2) is 6.63. The van der Waals surface area contributed by atoms with Gasteiger partial charge in [0.05, 0.1) is 0 Å². The molecule has 1 amide bonds. The fraction of sp³-hybridized carbons (Fsp3) is 0.632. The minimum atomic E-state index is 0.137. The Morgan fingerprint density at radius 3 is 2.67 bits per heavy atom. The second-order valence-electron chi connectivity index (χ2n) is 6.90. The maximum Gasteiger partial charge on any atom is 0.254 e. The molecule has 0 unspecified atom stereocenters. The molecule has 2 fully saturated rings. The fourth-order valence-electron chi connectivity index (χ4n) is 4.47. The molecule has 0 bridgehead atoms. The summed E-state index contributed by atoms with van der Waals surface area (Å²) >= 11 is 0. The van der Waals surface area contributed by atoms with Crippen LogP contribution in [0.4, 0.5) is 0 Å². The molecule has 0 N–H and O–H groups in total. The second-order valence-corrected chi connectivity index (χ2v) is 6.90. The Hall–Kier alpha value is -1.75. The monoisotopic (exact) mass is 330 g/mol. The molecular formula is C19H26N2O3. The summed E-state index contributed by atoms with van der Waals surface area (Å²) < 4.78 is 11.2. The van der Waals surface area contributed by atoms with Gasteiger partial charge in [-0.3, -0.25) is 9.69 Å². The molecule has 3 heterocycles. The Kier molecular flexibility index (Phi) is 4.35. The molecule has 0 spiro atoms. The van der Waals surface area contributed by atoms with Crippen molar-refractivity contribution in [2.24, 2.45) is 0 Å². The van der Waals surface area contributed by atoms with E-state index < -0.39 is 0 Å². The van der Waals surface area contributed by atoms with E-state index in [1.807, 2.05) is 18.2 Å². The SMILES string of the molecule is CCN1CCC[C@H]1[C@H]1CCCN1C(=O)c1ccc2c(c1)OCCO2. The summed E-state index contributed by atoms with van der Waals surface area (Å²) in [6, 6.07) is 6.46. The van der Waals surface area contributed by atoms with Gasteiger partial charge in [0.25, 0.3) is 5.91 Å². The minimum absolute atomic E-state index is 0.137. The maximum atomic E-state index is 13.1. The normalized spacial score (nSPS) is 26.8. The number of likely N-dealkylation sites (tertiary alicyclic amines) is 2. The van der Waals surface area contributed by atoms with Gasteiger partial charge in [-0.05, 0) is 57.0 Å². The lowest BCUT2D eigenvalue weighted by molar-refractivity contribution is 0.0649. The van der Waals surface area contributed by atoms with Gasteiger partial charge in [-0.2, -0.15) is 0 Å². The summed E-state index contributed by atoms with van der Waals surface area (Å²) in [5.41, 5.74) is 0.715. The molecular weight excluding hydrogens is 304 g/mol. The Morgan fingerprint density at radius 1 is 1.08 bits per heavy atom. The number of nitrogens with zero attached hydrogens (tertiary/aromatic N) is 2. The average molecular weight is 330 g/mol. The van der Waals surface area contributed by atoms with E-state index in [4.69, 9.17) is 9.47 Å². The van der Waals surface area contributed by atoms with Crippen LogP contribution in [0.15, 0.2) is 18.2 Å². The molecule has 1 aromatic rings. The predicted molar refractivity (Wildman–Crippen MR) is 91.8 cm³/mol. The summed E-state index contributed by atoms with van der Waals surface area (Å²) in [5, 5.41) is 0. The lowest BCUT2D eigenvalue weighted by Gasteiger charge is -2.34. The number of benzene rings is 1. The zero-order chi connectivity index (χ0) is 16.5. The number of carbonyl (C=O) groups is 1. The van der Waals surface area contributed by atoms with Gasteiger partial charge in [0.15, 0.2) is 11.5 Å². The largest absolute Gasteiger partial charge is 0.486 e. The van der Waals surface area contributed by atoms with E-state index >= 15 is 0 Å². The van der Waals surface area contributed by atoms with E-state index in [1.54, 1.807) is 0 Å². The smallest absolute Gasteiger partial charge is 0.254 e. The molecule has 0 aliphatic carbocycles. The van der Waals surface area contributed by atoms with Crippen LogP contribution in [0, 0.1) is 0 Å². The Morgan fingerprint density at radius 2 is 1.83 bits per heavy atom. The fourth-order valence-corrected chi connectivity index (χ4v) is 4.47. The first kappa shape index (κ1) is 15.8. The van der Waals surface area contributed by atoms with E-state index in [9.17, 15) is 4.79 Å². The van der Waals surface area contributed by atoms with Crippen molar-refractivity contribution >= 4 is 5.91 Å². The number of amides is 1.